The predicted octanol–water partition coefficient (Wildman–Crippen LogP) is 2.13. The molecule has 0 saturated carbocycles. The summed E-state index contributed by atoms with van der Waals surface area (Å²) in [5.41, 5.74) is 0. The standard InChI is InChI=1S/C10H18F2N2OS/c1-2-8-3-6-16-10(14-8)13-4-5-15-7-9(11)12/h8-9H,2-7H2,1H3,(H,13,14). The SMILES string of the molecule is CCC1CCSC(=NCCOCC(F)F)N1. The number of hydrogen-bond donors (Lipinski definition) is 1. The minimum absolute atomic E-state index is 0.257. The molecule has 94 valence electrons. The number of amidine groups is 1. The van der Waals surface area contributed by atoms with Gasteiger partial charge in [-0.1, -0.05) is 18.7 Å². The average Bonchev–Trinajstić information content (AvgIpc) is 2.28. The van der Waals surface area contributed by atoms with Crippen LogP contribution < -0.4 is 5.32 Å². The van der Waals surface area contributed by atoms with Crippen molar-refractivity contribution in [2.45, 2.75) is 32.2 Å². The second-order valence-electron chi connectivity index (χ2n) is 3.54. The second-order valence-corrected chi connectivity index (χ2v) is 4.62. The summed E-state index contributed by atoms with van der Waals surface area (Å²) in [4.78, 5) is 4.28. The third-order valence-corrected chi connectivity index (χ3v) is 3.22. The summed E-state index contributed by atoms with van der Waals surface area (Å²) in [6.45, 7) is 2.34. The molecule has 1 unspecified atom stereocenters. The van der Waals surface area contributed by atoms with Crippen LogP contribution in [0.3, 0.4) is 0 Å². The lowest BCUT2D eigenvalue weighted by atomic mass is 10.2. The van der Waals surface area contributed by atoms with Crippen molar-refractivity contribution in [2.75, 3.05) is 25.5 Å². The van der Waals surface area contributed by atoms with Crippen LogP contribution in [-0.2, 0) is 4.74 Å². The molecule has 3 nitrogen and oxygen atoms in total. The van der Waals surface area contributed by atoms with Crippen LogP contribution in [0.15, 0.2) is 4.99 Å². The van der Waals surface area contributed by atoms with Crippen molar-refractivity contribution in [2.24, 2.45) is 4.99 Å². The Morgan fingerprint density at radius 1 is 1.62 bits per heavy atom. The minimum Gasteiger partial charge on any atom is -0.374 e. The molecule has 1 rings (SSSR count). The van der Waals surface area contributed by atoms with Gasteiger partial charge in [-0.2, -0.15) is 0 Å². The van der Waals surface area contributed by atoms with E-state index in [1.165, 1.54) is 0 Å². The fourth-order valence-electron chi connectivity index (χ4n) is 1.37. The number of rotatable bonds is 6. The maximum Gasteiger partial charge on any atom is 0.261 e. The largest absolute Gasteiger partial charge is 0.374 e. The molecule has 1 atom stereocenters. The van der Waals surface area contributed by atoms with Crippen molar-refractivity contribution < 1.29 is 13.5 Å². The molecule has 0 spiro atoms. The zero-order chi connectivity index (χ0) is 11.8. The van der Waals surface area contributed by atoms with Crippen LogP contribution in [0.25, 0.3) is 0 Å². The van der Waals surface area contributed by atoms with Crippen LogP contribution in [0.4, 0.5) is 8.78 Å². The van der Waals surface area contributed by atoms with Gasteiger partial charge >= 0.3 is 0 Å². The van der Waals surface area contributed by atoms with E-state index >= 15 is 0 Å². The number of halogens is 2. The first-order valence-electron chi connectivity index (χ1n) is 5.52. The summed E-state index contributed by atoms with van der Waals surface area (Å²) < 4.78 is 28.2. The Hall–Kier alpha value is -0.360. The minimum atomic E-state index is -2.39. The van der Waals surface area contributed by atoms with Gasteiger partial charge in [0.05, 0.1) is 13.2 Å². The molecule has 0 aromatic rings. The van der Waals surface area contributed by atoms with E-state index < -0.39 is 13.0 Å². The summed E-state index contributed by atoms with van der Waals surface area (Å²) in [6, 6.07) is 0.502. The quantitative estimate of drug-likeness (QED) is 0.735. The monoisotopic (exact) mass is 252 g/mol. The molecule has 1 N–H and O–H groups in total. The van der Waals surface area contributed by atoms with E-state index in [1.54, 1.807) is 11.8 Å². The molecule has 1 saturated heterocycles. The van der Waals surface area contributed by atoms with Crippen molar-refractivity contribution in [1.82, 2.24) is 5.32 Å². The second kappa shape index (κ2) is 7.84. The highest BCUT2D eigenvalue weighted by Crippen LogP contribution is 2.15. The Kier molecular flexibility index (Phi) is 6.71. The first-order valence-corrected chi connectivity index (χ1v) is 6.50. The normalized spacial score (nSPS) is 23.8. The van der Waals surface area contributed by atoms with Crippen LogP contribution in [0.5, 0.6) is 0 Å². The van der Waals surface area contributed by atoms with E-state index in [0.29, 0.717) is 12.6 Å². The molecule has 6 heteroatoms. The molecule has 1 fully saturated rings. The number of hydrogen-bond acceptors (Lipinski definition) is 3. The summed E-state index contributed by atoms with van der Waals surface area (Å²) >= 11 is 1.68. The molecule has 0 aromatic carbocycles. The first-order chi connectivity index (χ1) is 7.72. The molecular formula is C10H18F2N2OS. The summed E-state index contributed by atoms with van der Waals surface area (Å²) in [6.07, 6.45) is -0.150. The van der Waals surface area contributed by atoms with E-state index in [1.807, 2.05) is 0 Å². The Morgan fingerprint density at radius 2 is 2.44 bits per heavy atom. The lowest BCUT2D eigenvalue weighted by Crippen LogP contribution is -2.37. The molecule has 0 aromatic heterocycles. The topological polar surface area (TPSA) is 33.6 Å². The lowest BCUT2D eigenvalue weighted by Gasteiger charge is -2.24. The molecule has 16 heavy (non-hydrogen) atoms. The van der Waals surface area contributed by atoms with E-state index in [0.717, 1.165) is 23.8 Å². The van der Waals surface area contributed by atoms with E-state index in [4.69, 9.17) is 4.74 Å². The van der Waals surface area contributed by atoms with Gasteiger partial charge in [-0.05, 0) is 12.8 Å². The van der Waals surface area contributed by atoms with Crippen LogP contribution in [0, 0.1) is 0 Å². The third-order valence-electron chi connectivity index (χ3n) is 2.26. The average molecular weight is 252 g/mol. The highest BCUT2D eigenvalue weighted by atomic mass is 32.2. The highest BCUT2D eigenvalue weighted by molar-refractivity contribution is 8.13. The highest BCUT2D eigenvalue weighted by Gasteiger charge is 2.14. The van der Waals surface area contributed by atoms with Crippen molar-refractivity contribution >= 4 is 16.9 Å². The zero-order valence-electron chi connectivity index (χ0n) is 9.42. The maximum absolute atomic E-state index is 11.7. The number of thioether (sulfide) groups is 1. The van der Waals surface area contributed by atoms with Crippen molar-refractivity contribution in [3.63, 3.8) is 0 Å². The van der Waals surface area contributed by atoms with Crippen LogP contribution >= 0.6 is 11.8 Å². The Labute approximate surface area is 99.0 Å². The van der Waals surface area contributed by atoms with E-state index in [-0.39, 0.29) is 6.61 Å². The van der Waals surface area contributed by atoms with Crippen molar-refractivity contribution in [1.29, 1.82) is 0 Å². The number of nitrogens with one attached hydrogen (secondary N) is 1. The van der Waals surface area contributed by atoms with Gasteiger partial charge in [-0.25, -0.2) is 8.78 Å². The Bertz CT molecular complexity index is 227. The van der Waals surface area contributed by atoms with Gasteiger partial charge in [0.15, 0.2) is 5.17 Å². The molecule has 0 radical (unpaired) electrons. The summed E-state index contributed by atoms with van der Waals surface area (Å²) in [7, 11) is 0. The Morgan fingerprint density at radius 3 is 3.12 bits per heavy atom. The van der Waals surface area contributed by atoms with Crippen LogP contribution in [0.1, 0.15) is 19.8 Å². The van der Waals surface area contributed by atoms with Gasteiger partial charge in [-0.3, -0.25) is 4.99 Å². The van der Waals surface area contributed by atoms with Gasteiger partial charge in [0, 0.05) is 11.8 Å². The smallest absolute Gasteiger partial charge is 0.261 e. The van der Waals surface area contributed by atoms with Crippen molar-refractivity contribution in [3.8, 4) is 0 Å². The number of alkyl halides is 2. The first kappa shape index (κ1) is 13.7. The van der Waals surface area contributed by atoms with Crippen molar-refractivity contribution in [3.05, 3.63) is 0 Å². The molecule has 0 aliphatic carbocycles. The molecule has 0 bridgehead atoms. The Balaban J connectivity index is 2.13. The number of aliphatic imine (C=N–C) groups is 1. The van der Waals surface area contributed by atoms with Gasteiger partial charge in [0.2, 0.25) is 0 Å². The fourth-order valence-corrected chi connectivity index (χ4v) is 2.40. The predicted molar refractivity (Wildman–Crippen MR) is 63.4 cm³/mol. The number of nitrogens with zero attached hydrogens (tertiary/aromatic N) is 1. The van der Waals surface area contributed by atoms with Gasteiger partial charge in [-0.15, -0.1) is 0 Å². The fraction of sp³-hybridized carbons (Fsp3) is 0.900. The summed E-state index contributed by atoms with van der Waals surface area (Å²) in [5.74, 6) is 1.07. The number of ether oxygens (including phenoxy) is 1. The van der Waals surface area contributed by atoms with Gasteiger partial charge in [0.1, 0.15) is 6.61 Å². The molecule has 0 amide bonds. The zero-order valence-corrected chi connectivity index (χ0v) is 10.2. The van der Waals surface area contributed by atoms with E-state index in [9.17, 15) is 8.78 Å². The molecule has 1 aliphatic rings. The maximum atomic E-state index is 11.7. The lowest BCUT2D eigenvalue weighted by molar-refractivity contribution is 0.0207. The van der Waals surface area contributed by atoms with Gasteiger partial charge in [0.25, 0.3) is 6.43 Å². The summed E-state index contributed by atoms with van der Waals surface area (Å²) in [5, 5.41) is 4.23. The van der Waals surface area contributed by atoms with Crippen LogP contribution in [0.2, 0.25) is 0 Å². The molecule has 1 aliphatic heterocycles. The third kappa shape index (κ3) is 5.65. The van der Waals surface area contributed by atoms with Gasteiger partial charge < -0.3 is 10.1 Å². The van der Waals surface area contributed by atoms with E-state index in [2.05, 4.69) is 17.2 Å². The molecule has 1 heterocycles. The molecular weight excluding hydrogens is 234 g/mol. The van der Waals surface area contributed by atoms with Crippen LogP contribution in [-0.4, -0.2) is 43.1 Å².